The molecular weight excluding hydrogens is 273 g/mol. The van der Waals surface area contributed by atoms with Gasteiger partial charge in [-0.05, 0) is 34.0 Å². The van der Waals surface area contributed by atoms with Gasteiger partial charge in [0.05, 0.1) is 10.0 Å². The van der Waals surface area contributed by atoms with Gasteiger partial charge in [0.15, 0.2) is 0 Å². The van der Waals surface area contributed by atoms with Crippen LogP contribution in [0.15, 0.2) is 22.7 Å². The topological polar surface area (TPSA) is 29.1 Å². The second-order valence-corrected chi connectivity index (χ2v) is 4.62. The van der Waals surface area contributed by atoms with Crippen LogP contribution in [0.4, 0.5) is 4.39 Å². The Morgan fingerprint density at radius 2 is 2.25 bits per heavy atom. The fraction of sp³-hybridized carbons (Fsp3) is 0.417. The van der Waals surface area contributed by atoms with Crippen molar-refractivity contribution in [3.63, 3.8) is 0 Å². The van der Waals surface area contributed by atoms with Gasteiger partial charge in [0.1, 0.15) is 5.82 Å². The van der Waals surface area contributed by atoms with Crippen LogP contribution in [0.5, 0.6) is 0 Å². The molecule has 0 aliphatic rings. The number of rotatable bonds is 4. The minimum absolute atomic E-state index is 0.219. The summed E-state index contributed by atoms with van der Waals surface area (Å²) < 4.78 is 13.4. The number of nitrogens with one attached hydrogen (secondary N) is 1. The third-order valence-corrected chi connectivity index (χ3v) is 3.31. The van der Waals surface area contributed by atoms with Crippen LogP contribution in [0.1, 0.15) is 30.6 Å². The third kappa shape index (κ3) is 3.30. The maximum absolute atomic E-state index is 13.2. The first-order valence-electron chi connectivity index (χ1n) is 5.28. The molecule has 0 bridgehead atoms. The Kier molecular flexibility index (Phi) is 4.93. The molecule has 0 fully saturated rings. The van der Waals surface area contributed by atoms with E-state index in [-0.39, 0.29) is 10.4 Å². The molecule has 1 aromatic carbocycles. The number of amides is 1. The maximum Gasteiger partial charge on any atom is 0.252 e. The van der Waals surface area contributed by atoms with E-state index in [1.807, 2.05) is 0 Å². The highest BCUT2D eigenvalue weighted by Gasteiger charge is 2.13. The number of benzene rings is 1. The number of halogens is 2. The van der Waals surface area contributed by atoms with Crippen LogP contribution in [-0.2, 0) is 0 Å². The van der Waals surface area contributed by atoms with E-state index in [0.29, 0.717) is 18.0 Å². The Morgan fingerprint density at radius 3 is 2.88 bits per heavy atom. The molecule has 1 atom stereocenters. The molecule has 1 amide bonds. The SMILES string of the molecule is CCC(C)CNC(=O)c1cccc(F)c1Br. The first kappa shape index (κ1) is 13.2. The fourth-order valence-corrected chi connectivity index (χ4v) is 1.63. The lowest BCUT2D eigenvalue weighted by Gasteiger charge is -2.11. The van der Waals surface area contributed by atoms with Crippen molar-refractivity contribution in [2.45, 2.75) is 20.3 Å². The van der Waals surface area contributed by atoms with Crippen LogP contribution < -0.4 is 5.32 Å². The predicted molar refractivity (Wildman–Crippen MR) is 65.9 cm³/mol. The lowest BCUT2D eigenvalue weighted by Crippen LogP contribution is -2.28. The predicted octanol–water partition coefficient (Wildman–Crippen LogP) is 3.36. The lowest BCUT2D eigenvalue weighted by atomic mass is 10.1. The Hall–Kier alpha value is -0.900. The Morgan fingerprint density at radius 1 is 1.56 bits per heavy atom. The summed E-state index contributed by atoms with van der Waals surface area (Å²) in [5.41, 5.74) is 0.336. The Labute approximate surface area is 103 Å². The first-order valence-corrected chi connectivity index (χ1v) is 6.07. The lowest BCUT2D eigenvalue weighted by molar-refractivity contribution is 0.0946. The van der Waals surface area contributed by atoms with E-state index in [1.165, 1.54) is 12.1 Å². The molecule has 0 aliphatic carbocycles. The molecule has 4 heteroatoms. The molecule has 0 aromatic heterocycles. The normalized spacial score (nSPS) is 12.2. The van der Waals surface area contributed by atoms with Gasteiger partial charge in [0.2, 0.25) is 0 Å². The number of hydrogen-bond donors (Lipinski definition) is 1. The van der Waals surface area contributed by atoms with Gasteiger partial charge >= 0.3 is 0 Å². The third-order valence-electron chi connectivity index (χ3n) is 2.50. The summed E-state index contributed by atoms with van der Waals surface area (Å²) in [4.78, 5) is 11.7. The molecule has 0 aliphatic heterocycles. The Balaban J connectivity index is 2.70. The molecule has 0 spiro atoms. The number of carbonyl (C=O) groups is 1. The molecule has 0 heterocycles. The van der Waals surface area contributed by atoms with E-state index in [9.17, 15) is 9.18 Å². The zero-order valence-electron chi connectivity index (χ0n) is 9.39. The molecule has 88 valence electrons. The molecule has 16 heavy (non-hydrogen) atoms. The van der Waals surface area contributed by atoms with Crippen molar-refractivity contribution in [3.05, 3.63) is 34.1 Å². The zero-order chi connectivity index (χ0) is 12.1. The fourth-order valence-electron chi connectivity index (χ4n) is 1.19. The summed E-state index contributed by atoms with van der Waals surface area (Å²) >= 11 is 3.07. The van der Waals surface area contributed by atoms with Crippen LogP contribution in [0.3, 0.4) is 0 Å². The monoisotopic (exact) mass is 287 g/mol. The minimum Gasteiger partial charge on any atom is -0.352 e. The van der Waals surface area contributed by atoms with Gasteiger partial charge in [-0.2, -0.15) is 0 Å². The second kappa shape index (κ2) is 5.99. The molecule has 0 saturated heterocycles. The van der Waals surface area contributed by atoms with Crippen molar-refractivity contribution in [2.24, 2.45) is 5.92 Å². The van der Waals surface area contributed by atoms with E-state index in [1.54, 1.807) is 6.07 Å². The van der Waals surface area contributed by atoms with Gasteiger partial charge in [-0.3, -0.25) is 4.79 Å². The molecule has 0 saturated carbocycles. The van der Waals surface area contributed by atoms with Gasteiger partial charge in [0.25, 0.3) is 5.91 Å². The zero-order valence-corrected chi connectivity index (χ0v) is 11.0. The van der Waals surface area contributed by atoms with E-state index in [4.69, 9.17) is 0 Å². The first-order chi connectivity index (χ1) is 7.56. The van der Waals surface area contributed by atoms with E-state index in [2.05, 4.69) is 35.1 Å². The number of carbonyl (C=O) groups excluding carboxylic acids is 1. The van der Waals surface area contributed by atoms with Gasteiger partial charge < -0.3 is 5.32 Å². The average molecular weight is 288 g/mol. The Bertz CT molecular complexity index is 381. The van der Waals surface area contributed by atoms with Gasteiger partial charge in [-0.25, -0.2) is 4.39 Å². The molecule has 0 radical (unpaired) electrons. The van der Waals surface area contributed by atoms with Crippen molar-refractivity contribution in [2.75, 3.05) is 6.54 Å². The molecule has 1 unspecified atom stereocenters. The summed E-state index contributed by atoms with van der Waals surface area (Å²) in [7, 11) is 0. The largest absolute Gasteiger partial charge is 0.352 e. The van der Waals surface area contributed by atoms with Crippen LogP contribution >= 0.6 is 15.9 Å². The maximum atomic E-state index is 13.2. The van der Waals surface area contributed by atoms with Crippen molar-refractivity contribution in [1.82, 2.24) is 5.32 Å². The summed E-state index contributed by atoms with van der Waals surface area (Å²) in [6.45, 7) is 4.73. The smallest absolute Gasteiger partial charge is 0.252 e. The van der Waals surface area contributed by atoms with Crippen LogP contribution in [0.25, 0.3) is 0 Å². The van der Waals surface area contributed by atoms with Crippen molar-refractivity contribution in [3.8, 4) is 0 Å². The summed E-state index contributed by atoms with van der Waals surface area (Å²) in [5, 5.41) is 2.78. The summed E-state index contributed by atoms with van der Waals surface area (Å²) in [5.74, 6) is -0.237. The quantitative estimate of drug-likeness (QED) is 0.904. The van der Waals surface area contributed by atoms with Crippen molar-refractivity contribution in [1.29, 1.82) is 0 Å². The van der Waals surface area contributed by atoms with Crippen LogP contribution in [-0.4, -0.2) is 12.5 Å². The molecule has 1 aromatic rings. The van der Waals surface area contributed by atoms with E-state index in [0.717, 1.165) is 6.42 Å². The minimum atomic E-state index is -0.420. The van der Waals surface area contributed by atoms with Gasteiger partial charge in [-0.15, -0.1) is 0 Å². The van der Waals surface area contributed by atoms with Crippen LogP contribution in [0, 0.1) is 11.7 Å². The molecular formula is C12H15BrFNO. The van der Waals surface area contributed by atoms with Crippen LogP contribution in [0.2, 0.25) is 0 Å². The van der Waals surface area contributed by atoms with Crippen molar-refractivity contribution >= 4 is 21.8 Å². The van der Waals surface area contributed by atoms with E-state index >= 15 is 0 Å². The number of hydrogen-bond acceptors (Lipinski definition) is 1. The highest BCUT2D eigenvalue weighted by molar-refractivity contribution is 9.10. The average Bonchev–Trinajstić information content (AvgIpc) is 2.29. The highest BCUT2D eigenvalue weighted by Crippen LogP contribution is 2.20. The van der Waals surface area contributed by atoms with Gasteiger partial charge in [0, 0.05) is 6.54 Å². The standard InChI is InChI=1S/C12H15BrFNO/c1-3-8(2)7-15-12(16)9-5-4-6-10(14)11(9)13/h4-6,8H,3,7H2,1-2H3,(H,15,16). The molecule has 2 nitrogen and oxygen atoms in total. The highest BCUT2D eigenvalue weighted by atomic mass is 79.9. The molecule has 1 N–H and O–H groups in total. The molecule has 1 rings (SSSR count). The van der Waals surface area contributed by atoms with Crippen molar-refractivity contribution < 1.29 is 9.18 Å². The van der Waals surface area contributed by atoms with E-state index < -0.39 is 5.82 Å². The second-order valence-electron chi connectivity index (χ2n) is 3.82. The summed E-state index contributed by atoms with van der Waals surface area (Å²) in [6, 6.07) is 4.44. The van der Waals surface area contributed by atoms with Gasteiger partial charge in [-0.1, -0.05) is 26.3 Å². The summed E-state index contributed by atoms with van der Waals surface area (Å²) in [6.07, 6.45) is 1.00.